The monoisotopic (exact) mass is 232 g/mol. The van der Waals surface area contributed by atoms with Crippen LogP contribution in [0.2, 0.25) is 0 Å². The molecule has 0 amide bonds. The second kappa shape index (κ2) is 12.9. The Hall–Kier alpha value is -0.160. The molecule has 0 aliphatic carbocycles. The lowest BCUT2D eigenvalue weighted by atomic mass is 10.3. The molecule has 0 aliphatic rings. The molecule has 0 aromatic carbocycles. The molecular formula is C12H28N2O2. The number of nitrogens with zero attached hydrogens (tertiary/aromatic N) is 1. The lowest BCUT2D eigenvalue weighted by Crippen LogP contribution is -2.29. The molecule has 0 aromatic heterocycles. The molecule has 0 saturated heterocycles. The largest absolute Gasteiger partial charge is 0.382 e. The van der Waals surface area contributed by atoms with Crippen molar-refractivity contribution >= 4 is 0 Å². The first-order valence-electron chi connectivity index (χ1n) is 6.34. The van der Waals surface area contributed by atoms with Crippen LogP contribution in [-0.2, 0) is 9.47 Å². The molecule has 0 atom stereocenters. The standard InChI is InChI=1S/C12H28N2O2/c1-3-7-14(8-4-6-13)9-5-10-16-12-11-15-2/h3-13H2,1-2H3. The lowest BCUT2D eigenvalue weighted by Gasteiger charge is -2.21. The van der Waals surface area contributed by atoms with Gasteiger partial charge >= 0.3 is 0 Å². The minimum atomic E-state index is 0.686. The number of nitrogens with two attached hydrogens (primary N) is 1. The summed E-state index contributed by atoms with van der Waals surface area (Å²) in [5.41, 5.74) is 5.52. The van der Waals surface area contributed by atoms with Gasteiger partial charge in [-0.05, 0) is 38.9 Å². The molecule has 4 heteroatoms. The highest BCUT2D eigenvalue weighted by molar-refractivity contribution is 4.57. The molecule has 98 valence electrons. The molecule has 0 aromatic rings. The van der Waals surface area contributed by atoms with Crippen LogP contribution in [0, 0.1) is 0 Å². The van der Waals surface area contributed by atoms with Crippen molar-refractivity contribution < 1.29 is 9.47 Å². The van der Waals surface area contributed by atoms with Crippen LogP contribution in [0.4, 0.5) is 0 Å². The van der Waals surface area contributed by atoms with E-state index in [1.807, 2.05) is 0 Å². The van der Waals surface area contributed by atoms with Crippen molar-refractivity contribution in [3.63, 3.8) is 0 Å². The van der Waals surface area contributed by atoms with Crippen LogP contribution in [0.5, 0.6) is 0 Å². The van der Waals surface area contributed by atoms with Crippen molar-refractivity contribution in [2.75, 3.05) is 53.1 Å². The highest BCUT2D eigenvalue weighted by Gasteiger charge is 2.02. The summed E-state index contributed by atoms with van der Waals surface area (Å²) in [6.45, 7) is 8.60. The Bertz CT molecular complexity index is 134. The average Bonchev–Trinajstić information content (AvgIpc) is 2.30. The summed E-state index contributed by atoms with van der Waals surface area (Å²) in [6, 6.07) is 0. The van der Waals surface area contributed by atoms with Crippen molar-refractivity contribution in [1.82, 2.24) is 4.90 Å². The summed E-state index contributed by atoms with van der Waals surface area (Å²) in [5, 5.41) is 0. The predicted molar refractivity (Wildman–Crippen MR) is 67.7 cm³/mol. The minimum absolute atomic E-state index is 0.686. The van der Waals surface area contributed by atoms with Crippen molar-refractivity contribution in [2.24, 2.45) is 5.73 Å². The summed E-state index contributed by atoms with van der Waals surface area (Å²) >= 11 is 0. The van der Waals surface area contributed by atoms with Crippen LogP contribution in [0.15, 0.2) is 0 Å². The van der Waals surface area contributed by atoms with Crippen LogP contribution in [0.1, 0.15) is 26.2 Å². The fourth-order valence-electron chi connectivity index (χ4n) is 1.60. The van der Waals surface area contributed by atoms with E-state index in [0.29, 0.717) is 13.2 Å². The van der Waals surface area contributed by atoms with E-state index in [4.69, 9.17) is 15.2 Å². The van der Waals surface area contributed by atoms with Gasteiger partial charge in [0, 0.05) is 20.3 Å². The van der Waals surface area contributed by atoms with Crippen LogP contribution < -0.4 is 5.73 Å². The number of methoxy groups -OCH3 is 1. The molecule has 16 heavy (non-hydrogen) atoms. The summed E-state index contributed by atoms with van der Waals surface area (Å²) in [5.74, 6) is 0. The van der Waals surface area contributed by atoms with Gasteiger partial charge in [-0.1, -0.05) is 6.92 Å². The third-order valence-electron chi connectivity index (χ3n) is 2.41. The maximum absolute atomic E-state index is 5.52. The van der Waals surface area contributed by atoms with E-state index in [9.17, 15) is 0 Å². The van der Waals surface area contributed by atoms with E-state index in [-0.39, 0.29) is 0 Å². The van der Waals surface area contributed by atoms with Gasteiger partial charge in [-0.3, -0.25) is 0 Å². The van der Waals surface area contributed by atoms with E-state index >= 15 is 0 Å². The molecule has 2 N–H and O–H groups in total. The van der Waals surface area contributed by atoms with Gasteiger partial charge in [0.2, 0.25) is 0 Å². The van der Waals surface area contributed by atoms with E-state index in [0.717, 1.165) is 45.6 Å². The molecule has 0 heterocycles. The number of ether oxygens (including phenoxy) is 2. The quantitative estimate of drug-likeness (QED) is 0.512. The normalized spacial score (nSPS) is 11.2. The first-order valence-corrected chi connectivity index (χ1v) is 6.34. The molecule has 0 rings (SSSR count). The first kappa shape index (κ1) is 15.8. The van der Waals surface area contributed by atoms with Gasteiger partial charge in [-0.15, -0.1) is 0 Å². The van der Waals surface area contributed by atoms with E-state index in [1.54, 1.807) is 7.11 Å². The molecular weight excluding hydrogens is 204 g/mol. The van der Waals surface area contributed by atoms with Gasteiger partial charge in [-0.25, -0.2) is 0 Å². The van der Waals surface area contributed by atoms with E-state index < -0.39 is 0 Å². The summed E-state index contributed by atoms with van der Waals surface area (Å²) in [4.78, 5) is 2.46. The van der Waals surface area contributed by atoms with Crippen LogP contribution in [-0.4, -0.2) is 58.0 Å². The number of hydrogen-bond acceptors (Lipinski definition) is 4. The van der Waals surface area contributed by atoms with Gasteiger partial charge in [0.25, 0.3) is 0 Å². The molecule has 0 bridgehead atoms. The topological polar surface area (TPSA) is 47.7 Å². The SMILES string of the molecule is CCCN(CCCN)CCCOCCOC. The van der Waals surface area contributed by atoms with Gasteiger partial charge < -0.3 is 20.1 Å². The Morgan fingerprint density at radius 1 is 1.00 bits per heavy atom. The molecule has 0 spiro atoms. The van der Waals surface area contributed by atoms with Gasteiger partial charge in [0.1, 0.15) is 0 Å². The zero-order chi connectivity index (χ0) is 12.1. The highest BCUT2D eigenvalue weighted by Crippen LogP contribution is 1.96. The molecule has 0 fully saturated rings. The highest BCUT2D eigenvalue weighted by atomic mass is 16.5. The van der Waals surface area contributed by atoms with Crippen LogP contribution in [0.3, 0.4) is 0 Å². The third-order valence-corrected chi connectivity index (χ3v) is 2.41. The second-order valence-corrected chi connectivity index (χ2v) is 3.94. The fraction of sp³-hybridized carbons (Fsp3) is 1.00. The smallest absolute Gasteiger partial charge is 0.0700 e. The Balaban J connectivity index is 3.36. The minimum Gasteiger partial charge on any atom is -0.382 e. The second-order valence-electron chi connectivity index (χ2n) is 3.94. The van der Waals surface area contributed by atoms with Crippen molar-refractivity contribution in [3.8, 4) is 0 Å². The summed E-state index contributed by atoms with van der Waals surface area (Å²) < 4.78 is 10.3. The van der Waals surface area contributed by atoms with Crippen molar-refractivity contribution in [3.05, 3.63) is 0 Å². The van der Waals surface area contributed by atoms with Crippen LogP contribution in [0.25, 0.3) is 0 Å². The Morgan fingerprint density at radius 2 is 1.75 bits per heavy atom. The fourth-order valence-corrected chi connectivity index (χ4v) is 1.60. The van der Waals surface area contributed by atoms with E-state index in [1.165, 1.54) is 6.42 Å². The molecule has 0 saturated carbocycles. The molecule has 0 radical (unpaired) electrons. The summed E-state index contributed by atoms with van der Waals surface area (Å²) in [7, 11) is 1.69. The van der Waals surface area contributed by atoms with Crippen LogP contribution >= 0.6 is 0 Å². The average molecular weight is 232 g/mol. The first-order chi connectivity index (χ1) is 7.85. The van der Waals surface area contributed by atoms with E-state index in [2.05, 4.69) is 11.8 Å². The Kier molecular flexibility index (Phi) is 12.8. The van der Waals surface area contributed by atoms with Crippen molar-refractivity contribution in [2.45, 2.75) is 26.2 Å². The third kappa shape index (κ3) is 10.4. The number of hydrogen-bond donors (Lipinski definition) is 1. The van der Waals surface area contributed by atoms with Crippen molar-refractivity contribution in [1.29, 1.82) is 0 Å². The van der Waals surface area contributed by atoms with Gasteiger partial charge in [0.15, 0.2) is 0 Å². The molecule has 0 unspecified atom stereocenters. The van der Waals surface area contributed by atoms with Gasteiger partial charge in [-0.2, -0.15) is 0 Å². The maximum atomic E-state index is 5.52. The molecule has 4 nitrogen and oxygen atoms in total. The Labute approximate surface area is 100 Å². The van der Waals surface area contributed by atoms with Gasteiger partial charge in [0.05, 0.1) is 13.2 Å². The molecule has 0 aliphatic heterocycles. The zero-order valence-electron chi connectivity index (χ0n) is 10.9. The lowest BCUT2D eigenvalue weighted by molar-refractivity contribution is 0.0652. The zero-order valence-corrected chi connectivity index (χ0v) is 10.9. The number of rotatable bonds is 12. The Morgan fingerprint density at radius 3 is 2.38 bits per heavy atom. The summed E-state index contributed by atoms with van der Waals surface area (Å²) in [6.07, 6.45) is 3.38. The predicted octanol–water partition coefficient (Wildman–Crippen LogP) is 1.10. The maximum Gasteiger partial charge on any atom is 0.0700 e.